The van der Waals surface area contributed by atoms with Crippen molar-refractivity contribution in [1.29, 1.82) is 0 Å². The Kier molecular flexibility index (Phi) is 9.90. The van der Waals surface area contributed by atoms with Crippen LogP contribution >= 0.6 is 46.4 Å². The molecule has 2 atom stereocenters. The first-order valence-corrected chi connectivity index (χ1v) is 21.1. The molecule has 6 heteroatoms. The summed E-state index contributed by atoms with van der Waals surface area (Å²) >= 11 is 26.9. The molecule has 0 aliphatic carbocycles. The minimum absolute atomic E-state index is 0.587. The maximum atomic E-state index is 8.05. The summed E-state index contributed by atoms with van der Waals surface area (Å²) in [5, 5.41) is 2.45. The van der Waals surface area contributed by atoms with Gasteiger partial charge in [0.1, 0.15) is 11.5 Å². The fourth-order valence-corrected chi connectivity index (χ4v) is 9.50. The van der Waals surface area contributed by atoms with Crippen molar-refractivity contribution < 1.29 is 9.47 Å². The molecular weight excluding hydrogens is 822 g/mol. The van der Waals surface area contributed by atoms with Gasteiger partial charge in [-0.05, 0) is 82.9 Å². The van der Waals surface area contributed by atoms with E-state index < -0.39 is 11.2 Å². The number of rotatable bonds is 7. The summed E-state index contributed by atoms with van der Waals surface area (Å²) in [5.41, 5.74) is 7.89. The number of ether oxygens (including phenoxy) is 2. The molecule has 0 bridgehead atoms. The predicted octanol–water partition coefficient (Wildman–Crippen LogP) is 15.5. The zero-order valence-electron chi connectivity index (χ0n) is 32.0. The Balaban J connectivity index is 1.51. The number of fused-ring (bicyclic) bond motifs is 2. The third kappa shape index (κ3) is 6.26. The molecule has 0 amide bonds. The Labute approximate surface area is 369 Å². The van der Waals surface area contributed by atoms with E-state index in [1.807, 2.05) is 97.1 Å². The number of benzene rings is 8. The van der Waals surface area contributed by atoms with E-state index in [2.05, 4.69) is 109 Å². The summed E-state index contributed by atoms with van der Waals surface area (Å²) in [6.07, 6.45) is 0. The van der Waals surface area contributed by atoms with Gasteiger partial charge in [-0.15, -0.1) is 0 Å². The van der Waals surface area contributed by atoms with E-state index in [9.17, 15) is 0 Å². The molecule has 2 aliphatic heterocycles. The van der Waals surface area contributed by atoms with Gasteiger partial charge in [-0.3, -0.25) is 0 Å². The third-order valence-electron chi connectivity index (χ3n) is 11.4. The number of halogens is 4. The second-order valence-electron chi connectivity index (χ2n) is 14.8. The van der Waals surface area contributed by atoms with Crippen molar-refractivity contribution in [2.75, 3.05) is 0 Å². The third-order valence-corrected chi connectivity index (χ3v) is 12.4. The SMILES string of the molecule is Clc1ccc(C2=C(c3ccccc3)C(c3ccc(Cl)cc3)(C3(c4ccc(Cl)cc4)Oc4ccccc4C(c4ccc(Cl)cc4)=C3c3ccccc3)Oc3ccccc32)cc1. The van der Waals surface area contributed by atoms with Gasteiger partial charge in [0, 0.05) is 64.6 Å². The van der Waals surface area contributed by atoms with Crippen LogP contribution in [0.25, 0.3) is 22.3 Å². The van der Waals surface area contributed by atoms with Gasteiger partial charge < -0.3 is 9.47 Å². The molecule has 8 aromatic rings. The highest BCUT2D eigenvalue weighted by Gasteiger charge is 2.67. The number of hydrogen-bond acceptors (Lipinski definition) is 2. The quantitative estimate of drug-likeness (QED) is 0.159. The van der Waals surface area contributed by atoms with E-state index in [0.717, 1.165) is 66.8 Å². The molecule has 0 fully saturated rings. The van der Waals surface area contributed by atoms with E-state index >= 15 is 0 Å². The normalized spacial score (nSPS) is 18.3. The Morgan fingerprint density at radius 1 is 0.283 bits per heavy atom. The minimum atomic E-state index is -1.52. The lowest BCUT2D eigenvalue weighted by Crippen LogP contribution is -2.60. The summed E-state index contributed by atoms with van der Waals surface area (Å²) in [6.45, 7) is 0. The molecule has 2 unspecified atom stereocenters. The molecule has 0 saturated heterocycles. The molecule has 0 N–H and O–H groups in total. The first-order valence-electron chi connectivity index (χ1n) is 19.6. The van der Waals surface area contributed by atoms with E-state index in [0.29, 0.717) is 31.6 Å². The number of hydrogen-bond donors (Lipinski definition) is 0. The molecule has 10 rings (SSSR count). The molecule has 0 aromatic heterocycles. The van der Waals surface area contributed by atoms with Crippen molar-refractivity contribution in [1.82, 2.24) is 0 Å². The van der Waals surface area contributed by atoms with E-state index in [1.165, 1.54) is 0 Å². The highest BCUT2D eigenvalue weighted by atomic mass is 35.5. The van der Waals surface area contributed by atoms with Crippen molar-refractivity contribution in [2.24, 2.45) is 0 Å². The van der Waals surface area contributed by atoms with Crippen LogP contribution in [0, 0.1) is 0 Å². The van der Waals surface area contributed by atoms with Gasteiger partial charge >= 0.3 is 0 Å². The van der Waals surface area contributed by atoms with Crippen LogP contribution < -0.4 is 9.47 Å². The largest absolute Gasteiger partial charge is 0.472 e. The van der Waals surface area contributed by atoms with Crippen molar-refractivity contribution >= 4 is 68.7 Å². The second-order valence-corrected chi connectivity index (χ2v) is 16.6. The van der Waals surface area contributed by atoms with Crippen molar-refractivity contribution in [3.8, 4) is 11.5 Å². The van der Waals surface area contributed by atoms with Gasteiger partial charge in [0.15, 0.2) is 0 Å². The zero-order chi connectivity index (χ0) is 40.8. The zero-order valence-corrected chi connectivity index (χ0v) is 35.0. The van der Waals surface area contributed by atoms with Gasteiger partial charge in [0.25, 0.3) is 0 Å². The lowest BCUT2D eigenvalue weighted by atomic mass is 9.58. The second kappa shape index (κ2) is 15.6. The number of para-hydroxylation sites is 2. The maximum absolute atomic E-state index is 8.05. The molecule has 8 aromatic carbocycles. The fraction of sp³-hybridized carbons (Fsp3) is 0.0370. The monoisotopic (exact) mass is 854 g/mol. The van der Waals surface area contributed by atoms with Crippen LogP contribution in [0.3, 0.4) is 0 Å². The lowest BCUT2D eigenvalue weighted by molar-refractivity contribution is -0.0550. The molecule has 60 heavy (non-hydrogen) atoms. The van der Waals surface area contributed by atoms with Gasteiger partial charge in [0.2, 0.25) is 11.2 Å². The molecule has 290 valence electrons. The summed E-state index contributed by atoms with van der Waals surface area (Å²) in [4.78, 5) is 0. The fourth-order valence-electron chi connectivity index (χ4n) is 8.99. The van der Waals surface area contributed by atoms with Gasteiger partial charge in [-0.25, -0.2) is 0 Å². The molecule has 2 nitrogen and oxygen atoms in total. The lowest BCUT2D eigenvalue weighted by Gasteiger charge is -2.56. The van der Waals surface area contributed by atoms with Crippen LogP contribution in [-0.4, -0.2) is 0 Å². The topological polar surface area (TPSA) is 18.5 Å². The van der Waals surface area contributed by atoms with E-state index in [4.69, 9.17) is 55.9 Å². The Morgan fingerprint density at radius 2 is 0.583 bits per heavy atom. The Bertz CT molecular complexity index is 2720. The molecular formula is C54H34Cl4O2. The smallest absolute Gasteiger partial charge is 0.208 e. The molecule has 2 heterocycles. The van der Waals surface area contributed by atoms with Crippen LogP contribution in [0.5, 0.6) is 11.5 Å². The van der Waals surface area contributed by atoms with Crippen LogP contribution in [0.4, 0.5) is 0 Å². The highest BCUT2D eigenvalue weighted by molar-refractivity contribution is 6.31. The van der Waals surface area contributed by atoms with Crippen LogP contribution in [-0.2, 0) is 11.2 Å². The van der Waals surface area contributed by atoms with Crippen LogP contribution in [0.2, 0.25) is 20.1 Å². The Morgan fingerprint density at radius 3 is 0.933 bits per heavy atom. The summed E-state index contributed by atoms with van der Waals surface area (Å²) in [5.74, 6) is 1.35. The molecule has 0 saturated carbocycles. The van der Waals surface area contributed by atoms with Crippen molar-refractivity contribution in [2.45, 2.75) is 11.2 Å². The summed E-state index contributed by atoms with van der Waals surface area (Å²) < 4.78 is 16.1. The molecule has 2 aliphatic rings. The standard InChI is InChI=1S/C54H34Cl4O2/c55-41-27-19-35(20-28-41)49-45-15-7-9-17-47(45)59-53(39-23-31-43(57)32-24-39,51(49)37-11-3-1-4-12-37)54(40-25-33-44(58)34-26-40)52(38-13-5-2-6-14-38)50(36-21-29-42(56)30-22-36)46-16-8-10-18-48(46)60-54/h1-34H. The molecule has 0 spiro atoms. The first kappa shape index (κ1) is 38.2. The average molecular weight is 857 g/mol. The summed E-state index contributed by atoms with van der Waals surface area (Å²) in [6, 6.07) is 69.3. The minimum Gasteiger partial charge on any atom is -0.472 e. The summed E-state index contributed by atoms with van der Waals surface area (Å²) in [7, 11) is 0. The van der Waals surface area contributed by atoms with Crippen molar-refractivity contribution in [3.05, 3.63) is 271 Å². The molecule has 0 radical (unpaired) electrons. The highest BCUT2D eigenvalue weighted by Crippen LogP contribution is 2.67. The maximum Gasteiger partial charge on any atom is 0.208 e. The van der Waals surface area contributed by atoms with Crippen LogP contribution in [0.1, 0.15) is 44.5 Å². The van der Waals surface area contributed by atoms with E-state index in [1.54, 1.807) is 0 Å². The van der Waals surface area contributed by atoms with E-state index in [-0.39, 0.29) is 0 Å². The van der Waals surface area contributed by atoms with Gasteiger partial charge in [-0.2, -0.15) is 0 Å². The average Bonchev–Trinajstić information content (AvgIpc) is 3.29. The van der Waals surface area contributed by atoms with Gasteiger partial charge in [-0.1, -0.05) is 192 Å². The van der Waals surface area contributed by atoms with Crippen molar-refractivity contribution in [3.63, 3.8) is 0 Å². The van der Waals surface area contributed by atoms with Crippen LogP contribution in [0.15, 0.2) is 206 Å². The first-order chi connectivity index (χ1) is 29.4. The van der Waals surface area contributed by atoms with Gasteiger partial charge in [0.05, 0.1) is 0 Å². The predicted molar refractivity (Wildman–Crippen MR) is 248 cm³/mol. The Hall–Kier alpha value is -6.00.